The largest absolute Gasteiger partial charge is 0.497 e. The summed E-state index contributed by atoms with van der Waals surface area (Å²) in [5.41, 5.74) is 2.40. The highest BCUT2D eigenvalue weighted by Gasteiger charge is 2.19. The highest BCUT2D eigenvalue weighted by Crippen LogP contribution is 2.14. The minimum Gasteiger partial charge on any atom is -0.497 e. The van der Waals surface area contributed by atoms with Gasteiger partial charge < -0.3 is 4.74 Å². The highest BCUT2D eigenvalue weighted by atomic mass is 16.5. The first-order valence-electron chi connectivity index (χ1n) is 8.86. The topological polar surface area (TPSA) is 32.8 Å². The Hall–Kier alpha value is -2.17. The molecule has 132 valence electrons. The third-order valence-corrected chi connectivity index (χ3v) is 4.67. The molecule has 4 nitrogen and oxygen atoms in total. The number of carbonyl (C=O) groups excluding carboxylic acids is 1. The van der Waals surface area contributed by atoms with E-state index in [4.69, 9.17) is 4.74 Å². The number of piperazine rings is 1. The molecule has 1 saturated heterocycles. The maximum absolute atomic E-state index is 12.2. The van der Waals surface area contributed by atoms with Crippen molar-refractivity contribution in [2.75, 3.05) is 39.8 Å². The van der Waals surface area contributed by atoms with E-state index in [-0.39, 0.29) is 0 Å². The van der Waals surface area contributed by atoms with Crippen molar-refractivity contribution >= 4 is 5.78 Å². The number of Topliss-reactive ketones (excluding diaryl/α,β-unsaturated/α-hetero) is 1. The standard InChI is InChI=1S/C21H26N2O2/c1-25-21-9-7-19(8-10-21)16-22-11-13-23(14-12-22)17-20(24)15-18-5-3-2-4-6-18/h2-10H,11-17H2,1H3. The van der Waals surface area contributed by atoms with Crippen LogP contribution in [0.5, 0.6) is 5.75 Å². The van der Waals surface area contributed by atoms with E-state index in [0.29, 0.717) is 18.7 Å². The van der Waals surface area contributed by atoms with Gasteiger partial charge in [0.05, 0.1) is 13.7 Å². The number of carbonyl (C=O) groups is 1. The molecule has 2 aromatic rings. The molecule has 0 bridgehead atoms. The van der Waals surface area contributed by atoms with Crippen LogP contribution in [-0.2, 0) is 17.8 Å². The van der Waals surface area contributed by atoms with Crippen molar-refractivity contribution in [1.82, 2.24) is 9.80 Å². The van der Waals surface area contributed by atoms with Crippen molar-refractivity contribution in [3.63, 3.8) is 0 Å². The van der Waals surface area contributed by atoms with Crippen molar-refractivity contribution in [2.24, 2.45) is 0 Å². The SMILES string of the molecule is COc1ccc(CN2CCN(CC(=O)Cc3ccccc3)CC2)cc1. The second-order valence-corrected chi connectivity index (χ2v) is 6.60. The number of ketones is 1. The summed E-state index contributed by atoms with van der Waals surface area (Å²) in [5.74, 6) is 1.19. The molecule has 0 N–H and O–H groups in total. The zero-order chi connectivity index (χ0) is 17.5. The van der Waals surface area contributed by atoms with Crippen molar-refractivity contribution in [3.8, 4) is 5.75 Å². The quantitative estimate of drug-likeness (QED) is 0.777. The van der Waals surface area contributed by atoms with E-state index in [1.165, 1.54) is 5.56 Å². The van der Waals surface area contributed by atoms with Crippen molar-refractivity contribution in [3.05, 3.63) is 65.7 Å². The lowest BCUT2D eigenvalue weighted by molar-refractivity contribution is -0.120. The van der Waals surface area contributed by atoms with Crippen LogP contribution >= 0.6 is 0 Å². The predicted octanol–water partition coefficient (Wildman–Crippen LogP) is 2.62. The van der Waals surface area contributed by atoms with Gasteiger partial charge in [0.2, 0.25) is 0 Å². The van der Waals surface area contributed by atoms with E-state index >= 15 is 0 Å². The van der Waals surface area contributed by atoms with Gasteiger partial charge in [-0.1, -0.05) is 42.5 Å². The summed E-state index contributed by atoms with van der Waals surface area (Å²) in [7, 11) is 1.69. The average molecular weight is 338 g/mol. The van der Waals surface area contributed by atoms with Crippen molar-refractivity contribution in [1.29, 1.82) is 0 Å². The number of methoxy groups -OCH3 is 1. The third-order valence-electron chi connectivity index (χ3n) is 4.67. The molecule has 1 heterocycles. The van der Waals surface area contributed by atoms with Crippen LogP contribution in [0.15, 0.2) is 54.6 Å². The number of hydrogen-bond donors (Lipinski definition) is 0. The summed E-state index contributed by atoms with van der Waals surface area (Å²) >= 11 is 0. The van der Waals surface area contributed by atoms with E-state index in [9.17, 15) is 4.79 Å². The summed E-state index contributed by atoms with van der Waals surface area (Å²) in [6.45, 7) is 5.43. The van der Waals surface area contributed by atoms with Gasteiger partial charge in [-0.15, -0.1) is 0 Å². The number of nitrogens with zero attached hydrogens (tertiary/aromatic N) is 2. The number of ether oxygens (including phenoxy) is 1. The number of benzene rings is 2. The monoisotopic (exact) mass is 338 g/mol. The first kappa shape index (κ1) is 17.6. The minimum atomic E-state index is 0.301. The Morgan fingerprint density at radius 3 is 2.16 bits per heavy atom. The van der Waals surface area contributed by atoms with Gasteiger partial charge in [-0.05, 0) is 23.3 Å². The Morgan fingerprint density at radius 2 is 1.52 bits per heavy atom. The Balaban J connectivity index is 1.41. The van der Waals surface area contributed by atoms with Crippen LogP contribution in [-0.4, -0.2) is 55.4 Å². The summed E-state index contributed by atoms with van der Waals surface area (Å²) in [4.78, 5) is 17.0. The highest BCUT2D eigenvalue weighted by molar-refractivity contribution is 5.82. The fourth-order valence-corrected chi connectivity index (χ4v) is 3.22. The van der Waals surface area contributed by atoms with Gasteiger partial charge in [-0.2, -0.15) is 0 Å². The molecule has 2 aromatic carbocycles. The molecule has 0 amide bonds. The molecule has 0 spiro atoms. The molecule has 0 saturated carbocycles. The molecule has 3 rings (SSSR count). The van der Waals surface area contributed by atoms with Crippen LogP contribution in [0, 0.1) is 0 Å². The molecule has 1 fully saturated rings. The van der Waals surface area contributed by atoms with Crippen LogP contribution in [0.1, 0.15) is 11.1 Å². The summed E-state index contributed by atoms with van der Waals surface area (Å²) in [5, 5.41) is 0. The lowest BCUT2D eigenvalue weighted by Gasteiger charge is -2.34. The molecule has 0 radical (unpaired) electrons. The average Bonchev–Trinajstić information content (AvgIpc) is 2.65. The molecule has 4 heteroatoms. The second kappa shape index (κ2) is 8.79. The van der Waals surface area contributed by atoms with Crippen molar-refractivity contribution in [2.45, 2.75) is 13.0 Å². The van der Waals surface area contributed by atoms with Gasteiger partial charge in [-0.3, -0.25) is 14.6 Å². The van der Waals surface area contributed by atoms with Gasteiger partial charge in [0.15, 0.2) is 5.78 Å². The van der Waals surface area contributed by atoms with Crippen LogP contribution in [0.4, 0.5) is 0 Å². The lowest BCUT2D eigenvalue weighted by atomic mass is 10.1. The zero-order valence-electron chi connectivity index (χ0n) is 14.9. The van der Waals surface area contributed by atoms with E-state index in [1.54, 1.807) is 7.11 Å². The Kier molecular flexibility index (Phi) is 6.20. The molecule has 0 atom stereocenters. The summed E-state index contributed by atoms with van der Waals surface area (Å²) in [6, 6.07) is 18.2. The minimum absolute atomic E-state index is 0.301. The Morgan fingerprint density at radius 1 is 0.880 bits per heavy atom. The van der Waals surface area contributed by atoms with Gasteiger partial charge in [-0.25, -0.2) is 0 Å². The predicted molar refractivity (Wildman–Crippen MR) is 99.9 cm³/mol. The molecule has 1 aliphatic heterocycles. The Bertz CT molecular complexity index is 662. The maximum Gasteiger partial charge on any atom is 0.151 e. The molecule has 1 aliphatic rings. The maximum atomic E-state index is 12.2. The van der Waals surface area contributed by atoms with E-state index in [1.807, 2.05) is 42.5 Å². The Labute approximate surface area is 150 Å². The summed E-state index contributed by atoms with van der Waals surface area (Å²) < 4.78 is 5.20. The van der Waals surface area contributed by atoms with E-state index < -0.39 is 0 Å². The van der Waals surface area contributed by atoms with E-state index in [2.05, 4.69) is 21.9 Å². The second-order valence-electron chi connectivity index (χ2n) is 6.60. The normalized spacial score (nSPS) is 15.9. The van der Waals surface area contributed by atoms with Crippen molar-refractivity contribution < 1.29 is 9.53 Å². The molecular weight excluding hydrogens is 312 g/mol. The molecule has 0 unspecified atom stereocenters. The molecular formula is C21H26N2O2. The fourth-order valence-electron chi connectivity index (χ4n) is 3.22. The van der Waals surface area contributed by atoms with Gasteiger partial charge in [0.25, 0.3) is 0 Å². The number of hydrogen-bond acceptors (Lipinski definition) is 4. The first-order valence-corrected chi connectivity index (χ1v) is 8.86. The number of rotatable bonds is 7. The van der Waals surface area contributed by atoms with Gasteiger partial charge >= 0.3 is 0 Å². The molecule has 0 aromatic heterocycles. The van der Waals surface area contributed by atoms with E-state index in [0.717, 1.165) is 44.0 Å². The first-order chi connectivity index (χ1) is 12.2. The van der Waals surface area contributed by atoms with Crippen LogP contribution in [0.25, 0.3) is 0 Å². The van der Waals surface area contributed by atoms with Gasteiger partial charge in [0.1, 0.15) is 5.75 Å². The molecule has 0 aliphatic carbocycles. The zero-order valence-corrected chi connectivity index (χ0v) is 14.9. The van der Waals surface area contributed by atoms with Crippen LogP contribution in [0.3, 0.4) is 0 Å². The lowest BCUT2D eigenvalue weighted by Crippen LogP contribution is -2.47. The summed E-state index contributed by atoms with van der Waals surface area (Å²) in [6.07, 6.45) is 0.535. The van der Waals surface area contributed by atoms with Crippen LogP contribution in [0.2, 0.25) is 0 Å². The third kappa shape index (κ3) is 5.41. The van der Waals surface area contributed by atoms with Gasteiger partial charge in [0, 0.05) is 39.1 Å². The fraction of sp³-hybridized carbons (Fsp3) is 0.381. The van der Waals surface area contributed by atoms with Crippen LogP contribution < -0.4 is 4.74 Å². The smallest absolute Gasteiger partial charge is 0.151 e. The molecule has 25 heavy (non-hydrogen) atoms.